The van der Waals surface area contributed by atoms with Crippen molar-refractivity contribution >= 4 is 29.9 Å². The number of halogens is 1. The first kappa shape index (κ1) is 22.5. The molecule has 0 spiro atoms. The van der Waals surface area contributed by atoms with Gasteiger partial charge in [-0.15, -0.1) is 24.0 Å². The summed E-state index contributed by atoms with van der Waals surface area (Å²) in [6.07, 6.45) is 4.89. The van der Waals surface area contributed by atoms with E-state index in [-0.39, 0.29) is 24.0 Å². The minimum Gasteiger partial charge on any atom is -0.370 e. The summed E-state index contributed by atoms with van der Waals surface area (Å²) in [5.74, 6) is 0.520. The zero-order valence-corrected chi connectivity index (χ0v) is 18.5. The van der Waals surface area contributed by atoms with Crippen LogP contribution in [0.15, 0.2) is 35.3 Å². The average molecular weight is 469 g/mol. The number of nitrogens with two attached hydrogens (primary N) is 1. The van der Waals surface area contributed by atoms with Gasteiger partial charge in [-0.2, -0.15) is 5.10 Å². The number of nitrogens with one attached hydrogen (secondary N) is 1. The van der Waals surface area contributed by atoms with Crippen LogP contribution in [-0.4, -0.2) is 22.3 Å². The molecule has 1 aromatic carbocycles. The molecule has 0 saturated heterocycles. The highest BCUT2D eigenvalue weighted by Gasteiger charge is 2.11. The quantitative estimate of drug-likeness (QED) is 0.251. The maximum Gasteiger partial charge on any atom is 0.188 e. The molecule has 0 radical (unpaired) electrons. The second-order valence-corrected chi connectivity index (χ2v) is 6.48. The summed E-state index contributed by atoms with van der Waals surface area (Å²) >= 11 is 0. The predicted octanol–water partition coefficient (Wildman–Crippen LogP) is 4.15. The van der Waals surface area contributed by atoms with Gasteiger partial charge in [-0.1, -0.05) is 56.5 Å². The maximum atomic E-state index is 5.98. The highest BCUT2D eigenvalue weighted by molar-refractivity contribution is 14.0. The minimum atomic E-state index is 0. The maximum absolute atomic E-state index is 5.98. The number of rotatable bonds is 9. The van der Waals surface area contributed by atoms with E-state index in [4.69, 9.17) is 5.73 Å². The monoisotopic (exact) mass is 469 g/mol. The first-order valence-corrected chi connectivity index (χ1v) is 9.22. The standard InChI is InChI=1S/C20H31N5.HI/c1-4-5-6-10-13-22-20(21)23-14-19-16(2)24-25(17(19)3)15-18-11-8-7-9-12-18;/h7-9,11-12H,4-6,10,13-15H2,1-3H3,(H3,21,22,23);1H. The van der Waals surface area contributed by atoms with Gasteiger partial charge in [0.25, 0.3) is 0 Å². The van der Waals surface area contributed by atoms with Crippen LogP contribution in [0.5, 0.6) is 0 Å². The lowest BCUT2D eigenvalue weighted by atomic mass is 10.2. The number of hydrogen-bond acceptors (Lipinski definition) is 2. The number of hydrogen-bond donors (Lipinski definition) is 2. The average Bonchev–Trinajstić information content (AvgIpc) is 2.87. The molecular formula is C20H32IN5. The third-order valence-corrected chi connectivity index (χ3v) is 4.45. The summed E-state index contributed by atoms with van der Waals surface area (Å²) in [7, 11) is 0. The van der Waals surface area contributed by atoms with Gasteiger partial charge < -0.3 is 11.1 Å². The first-order valence-electron chi connectivity index (χ1n) is 9.22. The van der Waals surface area contributed by atoms with E-state index in [1.54, 1.807) is 0 Å². The Labute approximate surface area is 174 Å². The van der Waals surface area contributed by atoms with Crippen molar-refractivity contribution in [2.45, 2.75) is 59.5 Å². The molecule has 5 nitrogen and oxygen atoms in total. The zero-order valence-electron chi connectivity index (χ0n) is 16.2. The summed E-state index contributed by atoms with van der Waals surface area (Å²) in [6.45, 7) is 8.59. The molecule has 0 unspecified atom stereocenters. The summed E-state index contributed by atoms with van der Waals surface area (Å²) in [6, 6.07) is 10.4. The van der Waals surface area contributed by atoms with E-state index < -0.39 is 0 Å². The van der Waals surface area contributed by atoms with Gasteiger partial charge >= 0.3 is 0 Å². The summed E-state index contributed by atoms with van der Waals surface area (Å²) in [4.78, 5) is 4.48. The molecule has 1 aromatic heterocycles. The summed E-state index contributed by atoms with van der Waals surface area (Å²) in [5, 5.41) is 7.86. The second kappa shape index (κ2) is 11.9. The van der Waals surface area contributed by atoms with Crippen molar-refractivity contribution in [3.8, 4) is 0 Å². The van der Waals surface area contributed by atoms with Crippen LogP contribution in [0, 0.1) is 13.8 Å². The van der Waals surface area contributed by atoms with Gasteiger partial charge in [0.15, 0.2) is 5.96 Å². The molecule has 0 aliphatic carbocycles. The van der Waals surface area contributed by atoms with Crippen LogP contribution >= 0.6 is 24.0 Å². The number of aliphatic imine (C=N–C) groups is 1. The molecular weight excluding hydrogens is 437 g/mol. The van der Waals surface area contributed by atoms with Crippen LogP contribution in [0.2, 0.25) is 0 Å². The predicted molar refractivity (Wildman–Crippen MR) is 120 cm³/mol. The Morgan fingerprint density at radius 3 is 2.58 bits per heavy atom. The van der Waals surface area contributed by atoms with E-state index in [0.29, 0.717) is 12.5 Å². The molecule has 3 N–H and O–H groups in total. The minimum absolute atomic E-state index is 0. The van der Waals surface area contributed by atoms with Crippen molar-refractivity contribution in [2.24, 2.45) is 10.7 Å². The lowest BCUT2D eigenvalue weighted by molar-refractivity contribution is 0.652. The molecule has 2 aromatic rings. The number of guanidine groups is 1. The molecule has 0 atom stereocenters. The molecule has 26 heavy (non-hydrogen) atoms. The van der Waals surface area contributed by atoms with Gasteiger partial charge in [-0.25, -0.2) is 4.99 Å². The van der Waals surface area contributed by atoms with Crippen LogP contribution in [0.1, 0.15) is 55.1 Å². The van der Waals surface area contributed by atoms with Gasteiger partial charge in [-0.05, 0) is 25.8 Å². The van der Waals surface area contributed by atoms with Crippen molar-refractivity contribution in [1.82, 2.24) is 15.1 Å². The fourth-order valence-corrected chi connectivity index (χ4v) is 2.86. The van der Waals surface area contributed by atoms with E-state index in [1.807, 2.05) is 17.7 Å². The Kier molecular flexibility index (Phi) is 10.3. The molecule has 144 valence electrons. The van der Waals surface area contributed by atoms with Crippen LogP contribution < -0.4 is 11.1 Å². The summed E-state index contributed by atoms with van der Waals surface area (Å²) in [5.41, 5.74) is 10.6. The SMILES string of the molecule is CCCCCCNC(N)=NCc1c(C)nn(Cc2ccccc2)c1C.I. The fourth-order valence-electron chi connectivity index (χ4n) is 2.86. The van der Waals surface area contributed by atoms with Gasteiger partial charge in [0, 0.05) is 17.8 Å². The Balaban J connectivity index is 0.00000338. The fraction of sp³-hybridized carbons (Fsp3) is 0.500. The Hall–Kier alpha value is -1.57. The summed E-state index contributed by atoms with van der Waals surface area (Å²) < 4.78 is 2.05. The number of unbranched alkanes of at least 4 members (excludes halogenated alkanes) is 3. The molecule has 0 fully saturated rings. The number of benzene rings is 1. The van der Waals surface area contributed by atoms with Gasteiger partial charge in [-0.3, -0.25) is 4.68 Å². The molecule has 0 aliphatic rings. The van der Waals surface area contributed by atoms with E-state index in [0.717, 1.165) is 36.5 Å². The third-order valence-electron chi connectivity index (χ3n) is 4.45. The van der Waals surface area contributed by atoms with Crippen molar-refractivity contribution in [3.63, 3.8) is 0 Å². The van der Waals surface area contributed by atoms with E-state index in [9.17, 15) is 0 Å². The van der Waals surface area contributed by atoms with E-state index >= 15 is 0 Å². The van der Waals surface area contributed by atoms with E-state index in [1.165, 1.54) is 24.8 Å². The highest BCUT2D eigenvalue weighted by atomic mass is 127. The van der Waals surface area contributed by atoms with Crippen molar-refractivity contribution < 1.29 is 0 Å². The van der Waals surface area contributed by atoms with Crippen LogP contribution in [0.25, 0.3) is 0 Å². The molecule has 0 amide bonds. The van der Waals surface area contributed by atoms with Crippen LogP contribution in [0.3, 0.4) is 0 Å². The zero-order chi connectivity index (χ0) is 18.1. The molecule has 2 rings (SSSR count). The number of aryl methyl sites for hydroxylation is 1. The Morgan fingerprint density at radius 1 is 1.15 bits per heavy atom. The van der Waals surface area contributed by atoms with Crippen LogP contribution in [0.4, 0.5) is 0 Å². The molecule has 0 saturated carbocycles. The first-order chi connectivity index (χ1) is 12.1. The highest BCUT2D eigenvalue weighted by Crippen LogP contribution is 2.15. The topological polar surface area (TPSA) is 68.2 Å². The van der Waals surface area contributed by atoms with Gasteiger partial charge in [0.2, 0.25) is 0 Å². The van der Waals surface area contributed by atoms with Gasteiger partial charge in [0.05, 0.1) is 18.8 Å². The lowest BCUT2D eigenvalue weighted by Crippen LogP contribution is -2.32. The van der Waals surface area contributed by atoms with E-state index in [2.05, 4.69) is 53.5 Å². The normalized spacial score (nSPS) is 11.3. The molecule has 0 aliphatic heterocycles. The van der Waals surface area contributed by atoms with Crippen LogP contribution in [-0.2, 0) is 13.1 Å². The number of nitrogens with zero attached hydrogens (tertiary/aromatic N) is 3. The molecule has 6 heteroatoms. The van der Waals surface area contributed by atoms with Gasteiger partial charge in [0.1, 0.15) is 0 Å². The largest absolute Gasteiger partial charge is 0.370 e. The smallest absolute Gasteiger partial charge is 0.188 e. The van der Waals surface area contributed by atoms with Crippen molar-refractivity contribution in [3.05, 3.63) is 52.8 Å². The molecule has 0 bridgehead atoms. The second-order valence-electron chi connectivity index (χ2n) is 6.48. The lowest BCUT2D eigenvalue weighted by Gasteiger charge is -2.06. The number of aromatic nitrogens is 2. The molecule has 1 heterocycles. The Bertz CT molecular complexity index is 679. The Morgan fingerprint density at radius 2 is 1.88 bits per heavy atom. The van der Waals surface area contributed by atoms with Crippen molar-refractivity contribution in [2.75, 3.05) is 6.54 Å². The van der Waals surface area contributed by atoms with Crippen molar-refractivity contribution in [1.29, 1.82) is 0 Å². The third kappa shape index (κ3) is 6.97.